The van der Waals surface area contributed by atoms with Crippen LogP contribution in [0, 0.1) is 5.92 Å². The third kappa shape index (κ3) is 3.33. The molecule has 0 unspecified atom stereocenters. The Hall–Kier alpha value is -1.39. The van der Waals surface area contributed by atoms with E-state index in [0.29, 0.717) is 5.92 Å². The van der Waals surface area contributed by atoms with Crippen LogP contribution in [-0.2, 0) is 6.61 Å². The summed E-state index contributed by atoms with van der Waals surface area (Å²) >= 11 is 1.57. The molecular formula is C15H20N2OS. The zero-order chi connectivity index (χ0) is 13.8. The lowest BCUT2D eigenvalue weighted by atomic mass is 10.1. The van der Waals surface area contributed by atoms with Gasteiger partial charge in [-0.1, -0.05) is 55.5 Å². The topological polar surface area (TPSA) is 36.4 Å². The Morgan fingerprint density at radius 1 is 1.26 bits per heavy atom. The van der Waals surface area contributed by atoms with Crippen molar-refractivity contribution < 1.29 is 5.11 Å². The predicted octanol–water partition coefficient (Wildman–Crippen LogP) is 3.39. The van der Waals surface area contributed by atoms with E-state index < -0.39 is 0 Å². The lowest BCUT2D eigenvalue weighted by Gasteiger charge is -2.17. The summed E-state index contributed by atoms with van der Waals surface area (Å²) in [5.74, 6) is 0.589. The molecule has 2 aromatic rings. The van der Waals surface area contributed by atoms with Crippen LogP contribution in [0.2, 0.25) is 0 Å². The van der Waals surface area contributed by atoms with Crippen molar-refractivity contribution in [2.45, 2.75) is 20.5 Å². The molecule has 2 rings (SSSR count). The van der Waals surface area contributed by atoms with Crippen LogP contribution >= 0.6 is 11.3 Å². The zero-order valence-corrected chi connectivity index (χ0v) is 12.4. The molecular weight excluding hydrogens is 256 g/mol. The first-order valence-electron chi connectivity index (χ1n) is 6.49. The minimum absolute atomic E-state index is 0.0391. The SMILES string of the molecule is CC(C)CN(C)c1nc(-c2ccccc2)c(CO)s1. The largest absolute Gasteiger partial charge is 0.391 e. The van der Waals surface area contributed by atoms with E-state index in [1.54, 1.807) is 11.3 Å². The number of aliphatic hydroxyl groups excluding tert-OH is 1. The first-order valence-corrected chi connectivity index (χ1v) is 7.30. The van der Waals surface area contributed by atoms with Crippen LogP contribution in [0.25, 0.3) is 11.3 Å². The van der Waals surface area contributed by atoms with Gasteiger partial charge in [0.2, 0.25) is 0 Å². The Labute approximate surface area is 118 Å². The minimum atomic E-state index is 0.0391. The van der Waals surface area contributed by atoms with Crippen molar-refractivity contribution >= 4 is 16.5 Å². The maximum atomic E-state index is 9.51. The van der Waals surface area contributed by atoms with Gasteiger partial charge in [-0.3, -0.25) is 0 Å². The maximum absolute atomic E-state index is 9.51. The molecule has 1 aromatic carbocycles. The highest BCUT2D eigenvalue weighted by molar-refractivity contribution is 7.16. The van der Waals surface area contributed by atoms with E-state index in [9.17, 15) is 5.11 Å². The molecule has 0 saturated carbocycles. The molecule has 3 nitrogen and oxygen atoms in total. The van der Waals surface area contributed by atoms with Crippen molar-refractivity contribution in [2.24, 2.45) is 5.92 Å². The molecule has 0 saturated heterocycles. The number of aromatic nitrogens is 1. The molecule has 1 N–H and O–H groups in total. The molecule has 0 fully saturated rings. The minimum Gasteiger partial charge on any atom is -0.391 e. The van der Waals surface area contributed by atoms with E-state index in [-0.39, 0.29) is 6.61 Å². The van der Waals surface area contributed by atoms with Crippen molar-refractivity contribution in [3.05, 3.63) is 35.2 Å². The smallest absolute Gasteiger partial charge is 0.185 e. The normalized spacial score (nSPS) is 11.0. The lowest BCUT2D eigenvalue weighted by molar-refractivity contribution is 0.286. The van der Waals surface area contributed by atoms with Gasteiger partial charge in [0.15, 0.2) is 5.13 Å². The molecule has 0 spiro atoms. The molecule has 4 heteroatoms. The summed E-state index contributed by atoms with van der Waals surface area (Å²) in [6.07, 6.45) is 0. The number of nitrogens with zero attached hydrogens (tertiary/aromatic N) is 2. The third-order valence-corrected chi connectivity index (χ3v) is 4.00. The van der Waals surface area contributed by atoms with Crippen molar-refractivity contribution in [2.75, 3.05) is 18.5 Å². The first-order chi connectivity index (χ1) is 9.11. The van der Waals surface area contributed by atoms with Crippen molar-refractivity contribution in [1.82, 2.24) is 4.98 Å². The standard InChI is InChI=1S/C15H20N2OS/c1-11(2)9-17(3)15-16-14(13(10-18)19-15)12-7-5-4-6-8-12/h4-8,11,18H,9-10H2,1-3H3. The maximum Gasteiger partial charge on any atom is 0.185 e. The van der Waals surface area contributed by atoms with Gasteiger partial charge >= 0.3 is 0 Å². The monoisotopic (exact) mass is 276 g/mol. The lowest BCUT2D eigenvalue weighted by Crippen LogP contribution is -2.22. The number of hydrogen-bond donors (Lipinski definition) is 1. The molecule has 0 atom stereocenters. The summed E-state index contributed by atoms with van der Waals surface area (Å²) in [6, 6.07) is 10.0. The Balaban J connectivity index is 2.33. The summed E-state index contributed by atoms with van der Waals surface area (Å²) in [7, 11) is 2.05. The molecule has 1 aromatic heterocycles. The van der Waals surface area contributed by atoms with Crippen LogP contribution in [0.4, 0.5) is 5.13 Å². The van der Waals surface area contributed by atoms with Crippen molar-refractivity contribution in [3.8, 4) is 11.3 Å². The first kappa shape index (κ1) is 14.0. The highest BCUT2D eigenvalue weighted by Crippen LogP contribution is 2.32. The van der Waals surface area contributed by atoms with E-state index in [2.05, 4.69) is 30.8 Å². The summed E-state index contributed by atoms with van der Waals surface area (Å²) in [4.78, 5) is 7.77. The quantitative estimate of drug-likeness (QED) is 0.909. The number of aliphatic hydroxyl groups is 1. The van der Waals surface area contributed by atoms with Gasteiger partial charge in [-0.15, -0.1) is 0 Å². The molecule has 0 radical (unpaired) electrons. The molecule has 19 heavy (non-hydrogen) atoms. The summed E-state index contributed by atoms with van der Waals surface area (Å²) < 4.78 is 0. The number of hydrogen-bond acceptors (Lipinski definition) is 4. The van der Waals surface area contributed by atoms with Gasteiger partial charge in [0, 0.05) is 19.2 Å². The Morgan fingerprint density at radius 2 is 1.95 bits per heavy atom. The van der Waals surface area contributed by atoms with E-state index in [4.69, 9.17) is 0 Å². The average Bonchev–Trinajstić information content (AvgIpc) is 2.83. The fraction of sp³-hybridized carbons (Fsp3) is 0.400. The van der Waals surface area contributed by atoms with Crippen LogP contribution in [0.1, 0.15) is 18.7 Å². The van der Waals surface area contributed by atoms with Crippen LogP contribution in [0.15, 0.2) is 30.3 Å². The van der Waals surface area contributed by atoms with Gasteiger partial charge in [0.05, 0.1) is 17.2 Å². The zero-order valence-electron chi connectivity index (χ0n) is 11.6. The Morgan fingerprint density at radius 3 is 2.53 bits per heavy atom. The van der Waals surface area contributed by atoms with Gasteiger partial charge in [-0.25, -0.2) is 4.98 Å². The van der Waals surface area contributed by atoms with Gasteiger partial charge in [-0.05, 0) is 5.92 Å². The van der Waals surface area contributed by atoms with Gasteiger partial charge in [0.1, 0.15) is 0 Å². The van der Waals surface area contributed by atoms with E-state index in [1.807, 2.05) is 30.3 Å². The van der Waals surface area contributed by atoms with Gasteiger partial charge < -0.3 is 10.0 Å². The third-order valence-electron chi connectivity index (χ3n) is 2.84. The highest BCUT2D eigenvalue weighted by Gasteiger charge is 2.15. The van der Waals surface area contributed by atoms with Crippen LogP contribution in [-0.4, -0.2) is 23.7 Å². The number of thiazole rings is 1. The fourth-order valence-electron chi connectivity index (χ4n) is 2.06. The number of rotatable bonds is 5. The second kappa shape index (κ2) is 6.17. The Bertz CT molecular complexity index is 522. The average molecular weight is 276 g/mol. The molecule has 1 heterocycles. The van der Waals surface area contributed by atoms with Crippen LogP contribution < -0.4 is 4.90 Å². The number of benzene rings is 1. The summed E-state index contributed by atoms with van der Waals surface area (Å²) in [5, 5.41) is 10.5. The highest BCUT2D eigenvalue weighted by atomic mass is 32.1. The van der Waals surface area contributed by atoms with Gasteiger partial charge in [-0.2, -0.15) is 0 Å². The van der Waals surface area contributed by atoms with E-state index >= 15 is 0 Å². The van der Waals surface area contributed by atoms with Crippen molar-refractivity contribution in [3.63, 3.8) is 0 Å². The van der Waals surface area contributed by atoms with Gasteiger partial charge in [0.25, 0.3) is 0 Å². The van der Waals surface area contributed by atoms with Crippen LogP contribution in [0.5, 0.6) is 0 Å². The molecule has 0 aliphatic rings. The summed E-state index contributed by atoms with van der Waals surface area (Å²) in [6.45, 7) is 5.38. The molecule has 0 bridgehead atoms. The Kier molecular flexibility index (Phi) is 4.56. The second-order valence-electron chi connectivity index (χ2n) is 5.07. The second-order valence-corrected chi connectivity index (χ2v) is 6.13. The fourth-order valence-corrected chi connectivity index (χ4v) is 2.97. The van der Waals surface area contributed by atoms with Crippen molar-refractivity contribution in [1.29, 1.82) is 0 Å². The molecule has 102 valence electrons. The molecule has 0 aliphatic carbocycles. The van der Waals surface area contributed by atoms with E-state index in [1.165, 1.54) is 0 Å². The van der Waals surface area contributed by atoms with E-state index in [0.717, 1.165) is 27.8 Å². The number of anilines is 1. The van der Waals surface area contributed by atoms with Crippen LogP contribution in [0.3, 0.4) is 0 Å². The summed E-state index contributed by atoms with van der Waals surface area (Å²) in [5.41, 5.74) is 1.96. The molecule has 0 amide bonds. The molecule has 0 aliphatic heterocycles. The predicted molar refractivity (Wildman–Crippen MR) is 81.6 cm³/mol.